The summed E-state index contributed by atoms with van der Waals surface area (Å²) in [5, 5.41) is 2.21. The second-order valence-corrected chi connectivity index (χ2v) is 6.29. The molecule has 1 heterocycles. The summed E-state index contributed by atoms with van der Waals surface area (Å²) in [6.07, 6.45) is 0. The molecule has 0 atom stereocenters. The maximum atomic E-state index is 6.22. The van der Waals surface area contributed by atoms with Gasteiger partial charge < -0.3 is 10.2 Å². The van der Waals surface area contributed by atoms with Crippen LogP contribution in [0.4, 0.5) is 5.69 Å². The van der Waals surface area contributed by atoms with Crippen molar-refractivity contribution in [3.63, 3.8) is 0 Å². The van der Waals surface area contributed by atoms with Gasteiger partial charge in [-0.25, -0.2) is 4.58 Å². The molecule has 0 fully saturated rings. The Bertz CT molecular complexity index is 1090. The molecule has 3 heteroatoms. The van der Waals surface area contributed by atoms with E-state index in [1.54, 1.807) is 0 Å². The summed E-state index contributed by atoms with van der Waals surface area (Å²) in [4.78, 5) is 0. The Balaban J connectivity index is 2.16. The molecule has 3 nitrogen and oxygen atoms in total. The molecule has 1 aliphatic carbocycles. The van der Waals surface area contributed by atoms with E-state index in [4.69, 9.17) is 10.2 Å². The second kappa shape index (κ2) is 6.10. The number of rotatable bonds is 2. The van der Waals surface area contributed by atoms with Crippen LogP contribution in [0.3, 0.4) is 0 Å². The van der Waals surface area contributed by atoms with Gasteiger partial charge in [0.1, 0.15) is 24.9 Å². The van der Waals surface area contributed by atoms with Gasteiger partial charge in [0, 0.05) is 34.3 Å². The van der Waals surface area contributed by atoms with E-state index in [9.17, 15) is 0 Å². The fraction of sp³-hybridized carbons (Fsp3) is 0.136. The molecule has 0 unspecified atom stereocenters. The highest BCUT2D eigenvalue weighted by atomic mass is 16.3. The molecule has 2 N–H and O–H groups in total. The van der Waals surface area contributed by atoms with E-state index >= 15 is 0 Å². The zero-order chi connectivity index (χ0) is 17.4. The third-order valence-electron chi connectivity index (χ3n) is 4.71. The van der Waals surface area contributed by atoms with E-state index in [0.717, 1.165) is 34.2 Å². The number of nitrogens with two attached hydrogens (primary N) is 1. The minimum Gasteiger partial charge on any atom is -0.456 e. The average molecular weight is 329 g/mol. The van der Waals surface area contributed by atoms with Crippen molar-refractivity contribution in [2.24, 2.45) is 0 Å². The molecular formula is C22H21N2O+. The maximum Gasteiger partial charge on any atom is 0.203 e. The van der Waals surface area contributed by atoms with E-state index < -0.39 is 0 Å². The molecule has 0 aromatic heterocycles. The van der Waals surface area contributed by atoms with Crippen LogP contribution in [0.1, 0.15) is 6.92 Å². The van der Waals surface area contributed by atoms with Gasteiger partial charge in [0.05, 0.1) is 6.07 Å². The van der Waals surface area contributed by atoms with E-state index in [2.05, 4.69) is 61.0 Å². The zero-order valence-electron chi connectivity index (χ0n) is 14.5. The smallest absolute Gasteiger partial charge is 0.203 e. The first-order valence-corrected chi connectivity index (χ1v) is 8.53. The number of anilines is 1. The molecule has 0 saturated carbocycles. The van der Waals surface area contributed by atoms with Crippen LogP contribution in [0.15, 0.2) is 71.1 Å². The highest BCUT2D eigenvalue weighted by molar-refractivity contribution is 6.02. The van der Waals surface area contributed by atoms with Gasteiger partial charge in [0.25, 0.3) is 0 Å². The summed E-state index contributed by atoms with van der Waals surface area (Å²) >= 11 is 0. The first-order chi connectivity index (χ1) is 12.2. The van der Waals surface area contributed by atoms with Gasteiger partial charge in [-0.3, -0.25) is 0 Å². The summed E-state index contributed by atoms with van der Waals surface area (Å²) in [5.74, 6) is 0.870. The summed E-state index contributed by atoms with van der Waals surface area (Å²) in [6, 6.07) is 22.7. The van der Waals surface area contributed by atoms with Gasteiger partial charge in [-0.1, -0.05) is 30.3 Å². The van der Waals surface area contributed by atoms with Crippen LogP contribution in [-0.4, -0.2) is 13.6 Å². The first kappa shape index (κ1) is 15.5. The van der Waals surface area contributed by atoms with Crippen molar-refractivity contribution in [2.75, 3.05) is 19.3 Å². The van der Waals surface area contributed by atoms with Gasteiger partial charge in [-0.2, -0.15) is 0 Å². The lowest BCUT2D eigenvalue weighted by Crippen LogP contribution is -2.25. The molecule has 4 rings (SSSR count). The molecule has 0 amide bonds. The SMILES string of the molecule is CC[N+](C)=c1ccc2c(-c3ccccc3)c3ccc(N)cc3oc-2c1. The summed E-state index contributed by atoms with van der Waals surface area (Å²) in [6.45, 7) is 3.08. The van der Waals surface area contributed by atoms with Crippen molar-refractivity contribution in [2.45, 2.75) is 6.92 Å². The topological polar surface area (TPSA) is 42.2 Å². The monoisotopic (exact) mass is 329 g/mol. The molecule has 1 aliphatic heterocycles. The molecule has 0 radical (unpaired) electrons. The number of nitrogens with zero attached hydrogens (tertiary/aromatic N) is 1. The normalized spacial score (nSPS) is 12.6. The summed E-state index contributed by atoms with van der Waals surface area (Å²) in [7, 11) is 2.08. The Hall–Kier alpha value is -3.07. The number of hydrogen-bond acceptors (Lipinski definition) is 2. The van der Waals surface area contributed by atoms with Crippen LogP contribution in [0.25, 0.3) is 33.4 Å². The quantitative estimate of drug-likeness (QED) is 0.340. The number of nitrogen functional groups attached to an aromatic ring is 1. The summed E-state index contributed by atoms with van der Waals surface area (Å²) < 4.78 is 8.41. The van der Waals surface area contributed by atoms with Crippen LogP contribution < -0.4 is 15.7 Å². The first-order valence-electron chi connectivity index (χ1n) is 8.53. The van der Waals surface area contributed by atoms with Crippen molar-refractivity contribution in [3.05, 3.63) is 72.1 Å². The minimum absolute atomic E-state index is 0.705. The van der Waals surface area contributed by atoms with Crippen LogP contribution in [0.5, 0.6) is 0 Å². The Kier molecular flexibility index (Phi) is 3.77. The van der Waals surface area contributed by atoms with Crippen molar-refractivity contribution < 1.29 is 4.42 Å². The van der Waals surface area contributed by atoms with Crippen molar-refractivity contribution in [3.8, 4) is 22.5 Å². The van der Waals surface area contributed by atoms with Crippen molar-refractivity contribution in [1.29, 1.82) is 0 Å². The van der Waals surface area contributed by atoms with Gasteiger partial charge in [-0.15, -0.1) is 0 Å². The molecule has 2 aromatic carbocycles. The third kappa shape index (κ3) is 2.68. The molecular weight excluding hydrogens is 308 g/mol. The molecule has 0 saturated heterocycles. The maximum absolute atomic E-state index is 6.22. The lowest BCUT2D eigenvalue weighted by molar-refractivity contribution is 0.616. The van der Waals surface area contributed by atoms with Crippen LogP contribution >= 0.6 is 0 Å². The highest BCUT2D eigenvalue weighted by Crippen LogP contribution is 2.39. The predicted octanol–water partition coefficient (Wildman–Crippen LogP) is 4.21. The highest BCUT2D eigenvalue weighted by Gasteiger charge is 2.17. The Morgan fingerprint density at radius 2 is 1.76 bits per heavy atom. The van der Waals surface area contributed by atoms with E-state index in [-0.39, 0.29) is 0 Å². The Morgan fingerprint density at radius 1 is 0.960 bits per heavy atom. The Labute approximate surface area is 147 Å². The van der Waals surface area contributed by atoms with E-state index in [0.29, 0.717) is 5.69 Å². The largest absolute Gasteiger partial charge is 0.456 e. The standard InChI is InChI=1S/C22H20N2O/c1-3-24(2)17-10-12-19-21(14-17)25-20-13-16(23)9-11-18(20)22(19)15-7-5-4-6-8-15/h4-14,23H,3H2,1-2H3/p+1. The van der Waals surface area contributed by atoms with E-state index in [1.807, 2.05) is 24.3 Å². The van der Waals surface area contributed by atoms with Gasteiger partial charge in [0.2, 0.25) is 5.36 Å². The lowest BCUT2D eigenvalue weighted by Gasteiger charge is -2.15. The van der Waals surface area contributed by atoms with Gasteiger partial charge in [-0.05, 0) is 30.7 Å². The van der Waals surface area contributed by atoms with E-state index in [1.165, 1.54) is 11.1 Å². The number of fused-ring (bicyclic) bond motifs is 2. The lowest BCUT2D eigenvalue weighted by atomic mass is 9.93. The number of hydrogen-bond donors (Lipinski definition) is 1. The fourth-order valence-electron chi connectivity index (χ4n) is 3.23. The second-order valence-electron chi connectivity index (χ2n) is 6.29. The van der Waals surface area contributed by atoms with Crippen LogP contribution in [-0.2, 0) is 0 Å². The summed E-state index contributed by atoms with van der Waals surface area (Å²) in [5.41, 5.74) is 11.0. The molecule has 2 aromatic rings. The molecule has 25 heavy (non-hydrogen) atoms. The minimum atomic E-state index is 0.705. The molecule has 124 valence electrons. The third-order valence-corrected chi connectivity index (χ3v) is 4.71. The molecule has 0 spiro atoms. The Morgan fingerprint density at radius 3 is 2.52 bits per heavy atom. The van der Waals surface area contributed by atoms with Crippen molar-refractivity contribution in [1.82, 2.24) is 4.58 Å². The number of benzene rings is 3. The van der Waals surface area contributed by atoms with Crippen molar-refractivity contribution >= 4 is 16.7 Å². The fourth-order valence-corrected chi connectivity index (χ4v) is 3.23. The molecule has 0 bridgehead atoms. The van der Waals surface area contributed by atoms with Gasteiger partial charge >= 0.3 is 0 Å². The predicted molar refractivity (Wildman–Crippen MR) is 104 cm³/mol. The molecule has 2 aliphatic rings. The van der Waals surface area contributed by atoms with Crippen LogP contribution in [0, 0.1) is 0 Å². The van der Waals surface area contributed by atoms with Crippen LogP contribution in [0.2, 0.25) is 0 Å². The average Bonchev–Trinajstić information content (AvgIpc) is 2.65. The van der Waals surface area contributed by atoms with Gasteiger partial charge in [0.15, 0.2) is 0 Å². The zero-order valence-corrected chi connectivity index (χ0v) is 14.5.